The van der Waals surface area contributed by atoms with Crippen LogP contribution in [0.5, 0.6) is 0 Å². The number of benzene rings is 2. The maximum Gasteiger partial charge on any atom is 0.338 e. The number of hydrogen-bond acceptors (Lipinski definition) is 4. The molecule has 0 aromatic heterocycles. The highest BCUT2D eigenvalue weighted by Crippen LogP contribution is 2.42. The Morgan fingerprint density at radius 1 is 1.13 bits per heavy atom. The molecule has 0 saturated heterocycles. The lowest BCUT2D eigenvalue weighted by Gasteiger charge is -2.41. The van der Waals surface area contributed by atoms with Crippen molar-refractivity contribution in [1.29, 1.82) is 0 Å². The third kappa shape index (κ3) is 4.35. The maximum absolute atomic E-state index is 12.7. The summed E-state index contributed by atoms with van der Waals surface area (Å²) in [4.78, 5) is 26.4. The van der Waals surface area contributed by atoms with Gasteiger partial charge < -0.3 is 15.0 Å². The maximum atomic E-state index is 12.7. The van der Waals surface area contributed by atoms with Gasteiger partial charge in [-0.1, -0.05) is 26.0 Å². The second-order valence-corrected chi connectivity index (χ2v) is 8.86. The number of rotatable bonds is 6. The van der Waals surface area contributed by atoms with E-state index in [1.807, 2.05) is 17.0 Å². The largest absolute Gasteiger partial charge is 0.462 e. The molecule has 1 amide bonds. The minimum Gasteiger partial charge on any atom is -0.462 e. The summed E-state index contributed by atoms with van der Waals surface area (Å²) in [7, 11) is 0. The van der Waals surface area contributed by atoms with Crippen molar-refractivity contribution in [3.63, 3.8) is 0 Å². The molecule has 5 heteroatoms. The van der Waals surface area contributed by atoms with Gasteiger partial charge in [0.1, 0.15) is 0 Å². The Kier molecular flexibility index (Phi) is 6.20. The van der Waals surface area contributed by atoms with Crippen LogP contribution < -0.4 is 10.2 Å². The molecule has 160 valence electrons. The zero-order chi connectivity index (χ0) is 22.1. The minimum absolute atomic E-state index is 0.0738. The summed E-state index contributed by atoms with van der Waals surface area (Å²) in [6.07, 6.45) is 0.513. The molecule has 1 atom stereocenters. The van der Waals surface area contributed by atoms with E-state index >= 15 is 0 Å². The second-order valence-electron chi connectivity index (χ2n) is 8.86. The standard InChI is InChI=1S/C25H32N2O3/c1-7-30-24(29)18-8-11-20(12-9-18)26-17(4)19-10-13-22-21(14-19)25(5,6)15-23(28)27(22)16(2)3/h8-14,16-17,26H,7,15H2,1-6H3. The lowest BCUT2D eigenvalue weighted by atomic mass is 9.76. The zero-order valence-electron chi connectivity index (χ0n) is 18.8. The SMILES string of the molecule is CCOC(=O)c1ccc(NC(C)c2ccc3c(c2)C(C)(C)CC(=O)N3C(C)C)cc1. The molecule has 1 aliphatic heterocycles. The van der Waals surface area contributed by atoms with Crippen molar-refractivity contribution in [1.82, 2.24) is 0 Å². The Hall–Kier alpha value is -2.82. The monoisotopic (exact) mass is 408 g/mol. The van der Waals surface area contributed by atoms with Crippen molar-refractivity contribution < 1.29 is 14.3 Å². The topological polar surface area (TPSA) is 58.6 Å². The smallest absolute Gasteiger partial charge is 0.338 e. The molecule has 2 aromatic rings. The van der Waals surface area contributed by atoms with Gasteiger partial charge >= 0.3 is 5.97 Å². The van der Waals surface area contributed by atoms with E-state index in [-0.39, 0.29) is 29.4 Å². The van der Waals surface area contributed by atoms with Gasteiger partial charge in [0.25, 0.3) is 0 Å². The molecular weight excluding hydrogens is 376 g/mol. The van der Waals surface area contributed by atoms with Crippen LogP contribution in [0.1, 0.15) is 75.5 Å². The first-order valence-electron chi connectivity index (χ1n) is 10.6. The molecule has 0 radical (unpaired) electrons. The van der Waals surface area contributed by atoms with E-state index < -0.39 is 0 Å². The highest BCUT2D eigenvalue weighted by atomic mass is 16.5. The van der Waals surface area contributed by atoms with Gasteiger partial charge in [-0.05, 0) is 69.2 Å². The lowest BCUT2D eigenvalue weighted by molar-refractivity contribution is -0.120. The number of ether oxygens (including phenoxy) is 1. The van der Waals surface area contributed by atoms with E-state index in [0.717, 1.165) is 16.9 Å². The fourth-order valence-electron chi connectivity index (χ4n) is 4.08. The summed E-state index contributed by atoms with van der Waals surface area (Å²) in [5.41, 5.74) is 4.67. The van der Waals surface area contributed by atoms with Crippen LogP contribution in [0.2, 0.25) is 0 Å². The number of carbonyl (C=O) groups excluding carboxylic acids is 2. The van der Waals surface area contributed by atoms with Crippen molar-refractivity contribution in [2.45, 2.75) is 65.5 Å². The number of fused-ring (bicyclic) bond motifs is 1. The molecule has 2 aromatic carbocycles. The van der Waals surface area contributed by atoms with Crippen LogP contribution in [0.15, 0.2) is 42.5 Å². The first-order valence-corrected chi connectivity index (χ1v) is 10.6. The third-order valence-corrected chi connectivity index (χ3v) is 5.67. The first-order chi connectivity index (χ1) is 14.1. The van der Waals surface area contributed by atoms with E-state index in [1.165, 1.54) is 5.56 Å². The number of nitrogens with one attached hydrogen (secondary N) is 1. The van der Waals surface area contributed by atoms with Crippen LogP contribution in [-0.2, 0) is 14.9 Å². The molecule has 1 unspecified atom stereocenters. The highest BCUT2D eigenvalue weighted by Gasteiger charge is 2.37. The van der Waals surface area contributed by atoms with Gasteiger partial charge in [-0.3, -0.25) is 4.79 Å². The van der Waals surface area contributed by atoms with Gasteiger partial charge in [-0.25, -0.2) is 4.79 Å². The first kappa shape index (κ1) is 21.9. The van der Waals surface area contributed by atoms with E-state index in [1.54, 1.807) is 19.1 Å². The predicted molar refractivity (Wildman–Crippen MR) is 121 cm³/mol. The predicted octanol–water partition coefficient (Wildman–Crippen LogP) is 5.46. The van der Waals surface area contributed by atoms with Gasteiger partial charge in [0.05, 0.1) is 12.2 Å². The van der Waals surface area contributed by atoms with Crippen LogP contribution >= 0.6 is 0 Å². The van der Waals surface area contributed by atoms with E-state index in [0.29, 0.717) is 18.6 Å². The molecule has 0 spiro atoms. The molecule has 0 fully saturated rings. The molecule has 1 aliphatic rings. The zero-order valence-corrected chi connectivity index (χ0v) is 18.8. The minimum atomic E-state index is -0.307. The van der Waals surface area contributed by atoms with Gasteiger partial charge in [0.2, 0.25) is 5.91 Å². The van der Waals surface area contributed by atoms with Gasteiger partial charge in [0, 0.05) is 35.3 Å². The van der Waals surface area contributed by atoms with Crippen molar-refractivity contribution in [2.75, 3.05) is 16.8 Å². The summed E-state index contributed by atoms with van der Waals surface area (Å²) in [5.74, 6) is -0.124. The molecule has 0 bridgehead atoms. The van der Waals surface area contributed by atoms with Crippen molar-refractivity contribution >= 4 is 23.3 Å². The van der Waals surface area contributed by atoms with Crippen LogP contribution in [0.4, 0.5) is 11.4 Å². The van der Waals surface area contributed by atoms with E-state index in [4.69, 9.17) is 4.74 Å². The molecule has 0 aliphatic carbocycles. The second kappa shape index (κ2) is 8.50. The van der Waals surface area contributed by atoms with Crippen molar-refractivity contribution in [3.05, 3.63) is 59.2 Å². The highest BCUT2D eigenvalue weighted by molar-refractivity contribution is 5.98. The lowest BCUT2D eigenvalue weighted by Crippen LogP contribution is -2.45. The number of carbonyl (C=O) groups is 2. The molecule has 1 heterocycles. The Bertz CT molecular complexity index is 932. The number of amides is 1. The van der Waals surface area contributed by atoms with E-state index in [2.05, 4.69) is 58.1 Å². The third-order valence-electron chi connectivity index (χ3n) is 5.67. The summed E-state index contributed by atoms with van der Waals surface area (Å²) >= 11 is 0. The normalized spacial score (nSPS) is 16.2. The molecular formula is C25H32N2O3. The Balaban J connectivity index is 1.83. The van der Waals surface area contributed by atoms with Crippen molar-refractivity contribution in [3.8, 4) is 0 Å². The van der Waals surface area contributed by atoms with Crippen LogP contribution in [-0.4, -0.2) is 24.5 Å². The summed E-state index contributed by atoms with van der Waals surface area (Å²) in [6.45, 7) is 12.7. The Morgan fingerprint density at radius 2 is 1.80 bits per heavy atom. The van der Waals surface area contributed by atoms with Crippen LogP contribution in [0, 0.1) is 0 Å². The number of esters is 1. The average Bonchev–Trinajstić information content (AvgIpc) is 2.67. The fourth-order valence-corrected chi connectivity index (χ4v) is 4.08. The molecule has 1 N–H and O–H groups in total. The Morgan fingerprint density at radius 3 is 2.40 bits per heavy atom. The van der Waals surface area contributed by atoms with Gasteiger partial charge in [-0.2, -0.15) is 0 Å². The summed E-state index contributed by atoms with van der Waals surface area (Å²) in [5, 5.41) is 3.50. The number of hydrogen-bond donors (Lipinski definition) is 1. The van der Waals surface area contributed by atoms with Gasteiger partial charge in [-0.15, -0.1) is 0 Å². The van der Waals surface area contributed by atoms with Crippen LogP contribution in [0.3, 0.4) is 0 Å². The summed E-state index contributed by atoms with van der Waals surface area (Å²) < 4.78 is 5.04. The summed E-state index contributed by atoms with van der Waals surface area (Å²) in [6, 6.07) is 13.9. The van der Waals surface area contributed by atoms with Gasteiger partial charge in [0.15, 0.2) is 0 Å². The van der Waals surface area contributed by atoms with Crippen molar-refractivity contribution in [2.24, 2.45) is 0 Å². The van der Waals surface area contributed by atoms with E-state index in [9.17, 15) is 9.59 Å². The van der Waals surface area contributed by atoms with Crippen LogP contribution in [0.25, 0.3) is 0 Å². The number of nitrogens with zero attached hydrogens (tertiary/aromatic N) is 1. The fraction of sp³-hybridized carbons (Fsp3) is 0.440. The molecule has 3 rings (SSSR count). The molecule has 5 nitrogen and oxygen atoms in total. The molecule has 0 saturated carbocycles. The molecule has 30 heavy (non-hydrogen) atoms. The number of anilines is 2. The average molecular weight is 409 g/mol. The Labute approximate surface area is 179 Å². The quantitative estimate of drug-likeness (QED) is 0.645.